The third kappa shape index (κ3) is 1.84. The Labute approximate surface area is 85.5 Å². The van der Waals surface area contributed by atoms with Gasteiger partial charge >= 0.3 is 5.97 Å². The maximum absolute atomic E-state index is 10.8. The molecule has 1 aliphatic heterocycles. The van der Waals surface area contributed by atoms with Gasteiger partial charge in [-0.1, -0.05) is 0 Å². The van der Waals surface area contributed by atoms with Crippen LogP contribution in [0.3, 0.4) is 0 Å². The van der Waals surface area contributed by atoms with Crippen molar-refractivity contribution in [3.63, 3.8) is 0 Å². The van der Waals surface area contributed by atoms with E-state index < -0.39 is 42.6 Å². The van der Waals surface area contributed by atoms with Crippen molar-refractivity contribution in [2.24, 2.45) is 0 Å². The number of carboxylic acids is 1. The molecule has 0 aromatic carbocycles. The molecule has 88 valence electrons. The number of carbonyl (C=O) groups is 1. The van der Waals surface area contributed by atoms with Crippen LogP contribution in [0.25, 0.3) is 0 Å². The van der Waals surface area contributed by atoms with E-state index in [9.17, 15) is 20.1 Å². The lowest BCUT2D eigenvalue weighted by Crippen LogP contribution is -2.66. The van der Waals surface area contributed by atoms with E-state index in [1.54, 1.807) is 0 Å². The Kier molecular flexibility index (Phi) is 3.31. The van der Waals surface area contributed by atoms with E-state index in [-0.39, 0.29) is 0 Å². The van der Waals surface area contributed by atoms with E-state index in [1.165, 1.54) is 0 Å². The van der Waals surface area contributed by atoms with Gasteiger partial charge in [-0.2, -0.15) is 0 Å². The van der Waals surface area contributed by atoms with Crippen molar-refractivity contribution in [2.45, 2.75) is 36.9 Å². The van der Waals surface area contributed by atoms with Crippen molar-refractivity contribution in [1.29, 1.82) is 0 Å². The lowest BCUT2D eigenvalue weighted by Gasteiger charge is -2.44. The van der Waals surface area contributed by atoms with E-state index in [0.717, 1.165) is 6.92 Å². The van der Waals surface area contributed by atoms with Gasteiger partial charge in [-0.25, -0.2) is 4.79 Å². The standard InChI is InChI=1S/C8H14O7/c1-8(7(13)14)6(12)5(11)4(10)3(2-9)15-8/h3-6,9-12H,2H2,1H3,(H,13,14)/t3-,4-,5+,6+,8+/m1/s1. The number of aliphatic hydroxyl groups is 4. The molecular formula is C8H14O7. The van der Waals surface area contributed by atoms with Gasteiger partial charge in [0.2, 0.25) is 0 Å². The molecule has 0 unspecified atom stereocenters. The molecule has 1 heterocycles. The van der Waals surface area contributed by atoms with Crippen molar-refractivity contribution >= 4 is 5.97 Å². The molecule has 0 aromatic heterocycles. The summed E-state index contributed by atoms with van der Waals surface area (Å²) >= 11 is 0. The molecule has 15 heavy (non-hydrogen) atoms. The number of hydrogen-bond acceptors (Lipinski definition) is 6. The van der Waals surface area contributed by atoms with Crippen molar-refractivity contribution in [3.05, 3.63) is 0 Å². The van der Waals surface area contributed by atoms with Gasteiger partial charge in [-0.15, -0.1) is 0 Å². The third-order valence-electron chi connectivity index (χ3n) is 2.62. The summed E-state index contributed by atoms with van der Waals surface area (Å²) in [6.45, 7) is 0.422. The van der Waals surface area contributed by atoms with Gasteiger partial charge in [-0.3, -0.25) is 0 Å². The lowest BCUT2D eigenvalue weighted by molar-refractivity contribution is -0.267. The molecule has 5 atom stereocenters. The second kappa shape index (κ2) is 4.03. The summed E-state index contributed by atoms with van der Waals surface area (Å²) in [5, 5.41) is 45.8. The SMILES string of the molecule is C[C@]1(C(=O)O)O[C@H](CO)[C@@H](O)[C@H](O)[C@@H]1O. The first-order valence-corrected chi connectivity index (χ1v) is 4.41. The fraction of sp³-hybridized carbons (Fsp3) is 0.875. The molecule has 0 aliphatic carbocycles. The molecule has 0 bridgehead atoms. The van der Waals surface area contributed by atoms with E-state index in [2.05, 4.69) is 0 Å². The normalized spacial score (nSPS) is 46.5. The predicted octanol–water partition coefficient (Wildman–Crippen LogP) is -2.70. The summed E-state index contributed by atoms with van der Waals surface area (Å²) in [5.41, 5.74) is -2.04. The Bertz CT molecular complexity index is 253. The van der Waals surface area contributed by atoms with Crippen LogP contribution in [0, 0.1) is 0 Å². The molecule has 0 spiro atoms. The number of aliphatic hydroxyl groups excluding tert-OH is 4. The van der Waals surface area contributed by atoms with Gasteiger partial charge in [0.15, 0.2) is 5.60 Å². The number of aliphatic carboxylic acids is 1. The Morgan fingerprint density at radius 2 is 1.87 bits per heavy atom. The fourth-order valence-corrected chi connectivity index (χ4v) is 1.51. The van der Waals surface area contributed by atoms with Gasteiger partial charge in [-0.05, 0) is 6.92 Å². The monoisotopic (exact) mass is 222 g/mol. The average molecular weight is 222 g/mol. The first-order chi connectivity index (χ1) is 6.84. The quantitative estimate of drug-likeness (QED) is 0.344. The Balaban J connectivity index is 2.97. The molecule has 0 aromatic rings. The van der Waals surface area contributed by atoms with Crippen LogP contribution in [0.4, 0.5) is 0 Å². The molecule has 0 amide bonds. The summed E-state index contributed by atoms with van der Waals surface area (Å²) in [6, 6.07) is 0. The van der Waals surface area contributed by atoms with Crippen molar-refractivity contribution < 1.29 is 35.1 Å². The Morgan fingerprint density at radius 1 is 1.33 bits per heavy atom. The molecule has 1 rings (SSSR count). The van der Waals surface area contributed by atoms with Crippen molar-refractivity contribution in [3.8, 4) is 0 Å². The van der Waals surface area contributed by atoms with Gasteiger partial charge in [0, 0.05) is 0 Å². The van der Waals surface area contributed by atoms with Crippen LogP contribution in [-0.2, 0) is 9.53 Å². The Hall–Kier alpha value is -0.730. The van der Waals surface area contributed by atoms with Crippen LogP contribution >= 0.6 is 0 Å². The van der Waals surface area contributed by atoms with Gasteiger partial charge < -0.3 is 30.3 Å². The fourth-order valence-electron chi connectivity index (χ4n) is 1.51. The minimum atomic E-state index is -2.04. The zero-order valence-electron chi connectivity index (χ0n) is 8.07. The summed E-state index contributed by atoms with van der Waals surface area (Å²) < 4.78 is 4.87. The first-order valence-electron chi connectivity index (χ1n) is 4.41. The van der Waals surface area contributed by atoms with Crippen LogP contribution in [-0.4, -0.2) is 68.1 Å². The second-order valence-electron chi connectivity index (χ2n) is 3.68. The molecule has 5 N–H and O–H groups in total. The van der Waals surface area contributed by atoms with Crippen molar-refractivity contribution in [1.82, 2.24) is 0 Å². The van der Waals surface area contributed by atoms with Gasteiger partial charge in [0.1, 0.15) is 24.4 Å². The van der Waals surface area contributed by atoms with Crippen LogP contribution in [0.5, 0.6) is 0 Å². The lowest BCUT2D eigenvalue weighted by atomic mass is 9.86. The second-order valence-corrected chi connectivity index (χ2v) is 3.68. The van der Waals surface area contributed by atoms with Gasteiger partial charge in [0.05, 0.1) is 6.61 Å². The molecule has 7 nitrogen and oxygen atoms in total. The predicted molar refractivity (Wildman–Crippen MR) is 46.0 cm³/mol. The maximum Gasteiger partial charge on any atom is 0.338 e. The summed E-state index contributed by atoms with van der Waals surface area (Å²) in [5.74, 6) is -1.47. The highest BCUT2D eigenvalue weighted by molar-refractivity contribution is 5.78. The highest BCUT2D eigenvalue weighted by Crippen LogP contribution is 2.29. The Morgan fingerprint density at radius 3 is 2.27 bits per heavy atom. The van der Waals surface area contributed by atoms with E-state index in [0.29, 0.717) is 0 Å². The van der Waals surface area contributed by atoms with E-state index in [4.69, 9.17) is 14.9 Å². The molecular weight excluding hydrogens is 208 g/mol. The minimum absolute atomic E-state index is 0.645. The molecule has 1 fully saturated rings. The van der Waals surface area contributed by atoms with Crippen molar-refractivity contribution in [2.75, 3.05) is 6.61 Å². The number of ether oxygens (including phenoxy) is 1. The minimum Gasteiger partial charge on any atom is -0.479 e. The highest BCUT2D eigenvalue weighted by atomic mass is 16.6. The third-order valence-corrected chi connectivity index (χ3v) is 2.62. The van der Waals surface area contributed by atoms with Crippen LogP contribution in [0.15, 0.2) is 0 Å². The molecule has 1 aliphatic rings. The van der Waals surface area contributed by atoms with Gasteiger partial charge in [0.25, 0.3) is 0 Å². The topological polar surface area (TPSA) is 127 Å². The number of rotatable bonds is 2. The largest absolute Gasteiger partial charge is 0.479 e. The molecule has 0 saturated carbocycles. The van der Waals surface area contributed by atoms with E-state index >= 15 is 0 Å². The summed E-state index contributed by atoms with van der Waals surface area (Å²) in [6.07, 6.45) is -6.17. The maximum atomic E-state index is 10.8. The van der Waals surface area contributed by atoms with Crippen LogP contribution < -0.4 is 0 Å². The van der Waals surface area contributed by atoms with Crippen LogP contribution in [0.2, 0.25) is 0 Å². The average Bonchev–Trinajstić information content (AvgIpc) is 2.20. The molecule has 1 saturated heterocycles. The molecule has 0 radical (unpaired) electrons. The zero-order valence-corrected chi connectivity index (χ0v) is 8.07. The number of carboxylic acid groups (broad SMARTS) is 1. The highest BCUT2D eigenvalue weighted by Gasteiger charge is 2.55. The van der Waals surface area contributed by atoms with E-state index in [1.807, 2.05) is 0 Å². The summed E-state index contributed by atoms with van der Waals surface area (Å²) in [7, 11) is 0. The summed E-state index contributed by atoms with van der Waals surface area (Å²) in [4.78, 5) is 10.8. The molecule has 7 heteroatoms. The zero-order chi connectivity index (χ0) is 11.8. The smallest absolute Gasteiger partial charge is 0.338 e. The first kappa shape index (κ1) is 12.3. The van der Waals surface area contributed by atoms with Crippen LogP contribution in [0.1, 0.15) is 6.92 Å². The number of hydrogen-bond donors (Lipinski definition) is 5.